The van der Waals surface area contributed by atoms with Gasteiger partial charge >= 0.3 is 0 Å². The summed E-state index contributed by atoms with van der Waals surface area (Å²) >= 11 is 1.24. The van der Waals surface area contributed by atoms with Gasteiger partial charge in [-0.3, -0.25) is 4.79 Å². The third kappa shape index (κ3) is 3.37. The number of benzene rings is 1. The molecule has 6 heteroatoms. The zero-order valence-corrected chi connectivity index (χ0v) is 12.7. The molecule has 1 fully saturated rings. The van der Waals surface area contributed by atoms with Crippen LogP contribution in [0.3, 0.4) is 0 Å². The predicted molar refractivity (Wildman–Crippen MR) is 76.7 cm³/mol. The Morgan fingerprint density at radius 2 is 2.14 bits per heavy atom. The molecule has 1 aromatic carbocycles. The number of aliphatic carboxylic acids is 1. The number of hydrogen-bond donors (Lipinski definition) is 0. The molecule has 1 saturated heterocycles. The van der Waals surface area contributed by atoms with Crippen LogP contribution in [0, 0.1) is 11.7 Å². The molecule has 1 aromatic rings. The summed E-state index contributed by atoms with van der Waals surface area (Å²) in [4.78, 5) is 24.8. The zero-order valence-electron chi connectivity index (χ0n) is 11.9. The van der Waals surface area contributed by atoms with Crippen LogP contribution in [0.4, 0.5) is 4.39 Å². The molecular weight excluding hydrogens is 293 g/mol. The standard InChI is InChI=1S/C15H18FNO3S/c1-9(2)7-12(15(19)20)17-13(18)8-21-14(17)10-5-3-4-6-11(10)16/h3-6,9,12,14H,7-8H2,1-2H3,(H,19,20)/p-1/t12-,14-/m1/s1. The summed E-state index contributed by atoms with van der Waals surface area (Å²) < 4.78 is 14.0. The van der Waals surface area contributed by atoms with Gasteiger partial charge in [0.05, 0.1) is 17.8 Å². The molecule has 0 bridgehead atoms. The fraction of sp³-hybridized carbons (Fsp3) is 0.467. The maximum Gasteiger partial charge on any atom is 0.234 e. The van der Waals surface area contributed by atoms with E-state index in [2.05, 4.69) is 0 Å². The molecule has 0 spiro atoms. The summed E-state index contributed by atoms with van der Waals surface area (Å²) in [6.45, 7) is 3.75. The van der Waals surface area contributed by atoms with Gasteiger partial charge in [-0.2, -0.15) is 0 Å². The maximum absolute atomic E-state index is 14.0. The highest BCUT2D eigenvalue weighted by atomic mass is 32.2. The number of amides is 1. The summed E-state index contributed by atoms with van der Waals surface area (Å²) in [5.41, 5.74) is 0.336. The first-order chi connectivity index (χ1) is 9.91. The van der Waals surface area contributed by atoms with Crippen molar-refractivity contribution in [3.8, 4) is 0 Å². The van der Waals surface area contributed by atoms with E-state index in [1.807, 2.05) is 13.8 Å². The van der Waals surface area contributed by atoms with Crippen molar-refractivity contribution >= 4 is 23.6 Å². The molecule has 2 atom stereocenters. The number of nitrogens with zero attached hydrogens (tertiary/aromatic N) is 1. The number of carboxylic acid groups (broad SMARTS) is 1. The molecule has 0 aliphatic carbocycles. The molecule has 4 nitrogen and oxygen atoms in total. The van der Waals surface area contributed by atoms with Crippen LogP contribution in [0.1, 0.15) is 31.2 Å². The summed E-state index contributed by atoms with van der Waals surface area (Å²) in [5.74, 6) is -1.77. The third-order valence-electron chi connectivity index (χ3n) is 3.38. The van der Waals surface area contributed by atoms with E-state index in [4.69, 9.17) is 0 Å². The van der Waals surface area contributed by atoms with E-state index in [0.29, 0.717) is 12.0 Å². The third-order valence-corrected chi connectivity index (χ3v) is 4.59. The molecule has 1 aliphatic rings. The van der Waals surface area contributed by atoms with Crippen molar-refractivity contribution in [2.45, 2.75) is 31.7 Å². The van der Waals surface area contributed by atoms with Crippen molar-refractivity contribution in [1.82, 2.24) is 4.90 Å². The van der Waals surface area contributed by atoms with Gasteiger partial charge in [0.2, 0.25) is 5.91 Å². The molecule has 0 N–H and O–H groups in total. The van der Waals surface area contributed by atoms with E-state index >= 15 is 0 Å². The lowest BCUT2D eigenvalue weighted by Crippen LogP contribution is -2.50. The average Bonchev–Trinajstić information content (AvgIpc) is 2.78. The van der Waals surface area contributed by atoms with Crippen molar-refractivity contribution in [2.24, 2.45) is 5.92 Å². The minimum absolute atomic E-state index is 0.0903. The van der Waals surface area contributed by atoms with Gasteiger partial charge in [-0.25, -0.2) is 4.39 Å². The molecule has 0 unspecified atom stereocenters. The van der Waals surface area contributed by atoms with Gasteiger partial charge in [-0.1, -0.05) is 32.0 Å². The fourth-order valence-corrected chi connectivity index (χ4v) is 3.70. The van der Waals surface area contributed by atoms with Crippen LogP contribution < -0.4 is 5.11 Å². The first-order valence-electron chi connectivity index (χ1n) is 6.80. The van der Waals surface area contributed by atoms with Crippen molar-refractivity contribution in [3.05, 3.63) is 35.6 Å². The molecule has 2 rings (SSSR count). The van der Waals surface area contributed by atoms with E-state index in [-0.39, 0.29) is 17.6 Å². The van der Waals surface area contributed by atoms with Gasteiger partial charge in [-0.15, -0.1) is 11.8 Å². The molecule has 1 aliphatic heterocycles. The van der Waals surface area contributed by atoms with Crippen molar-refractivity contribution in [3.63, 3.8) is 0 Å². The van der Waals surface area contributed by atoms with Crippen LogP contribution >= 0.6 is 11.8 Å². The molecule has 1 amide bonds. The molecule has 0 saturated carbocycles. The van der Waals surface area contributed by atoms with Crippen LogP contribution in [0.2, 0.25) is 0 Å². The lowest BCUT2D eigenvalue weighted by molar-refractivity contribution is -0.312. The Balaban J connectivity index is 2.36. The Morgan fingerprint density at radius 1 is 1.48 bits per heavy atom. The van der Waals surface area contributed by atoms with E-state index in [1.165, 1.54) is 22.7 Å². The van der Waals surface area contributed by atoms with Crippen LogP contribution in [0.15, 0.2) is 24.3 Å². The van der Waals surface area contributed by atoms with Gasteiger partial charge < -0.3 is 14.8 Å². The van der Waals surface area contributed by atoms with Gasteiger partial charge in [0.1, 0.15) is 11.2 Å². The maximum atomic E-state index is 14.0. The highest BCUT2D eigenvalue weighted by Crippen LogP contribution is 2.41. The smallest absolute Gasteiger partial charge is 0.234 e. The van der Waals surface area contributed by atoms with Crippen molar-refractivity contribution < 1.29 is 19.1 Å². The predicted octanol–water partition coefficient (Wildman–Crippen LogP) is 1.56. The molecule has 1 heterocycles. The highest BCUT2D eigenvalue weighted by Gasteiger charge is 2.39. The molecule has 21 heavy (non-hydrogen) atoms. The topological polar surface area (TPSA) is 60.4 Å². The summed E-state index contributed by atoms with van der Waals surface area (Å²) in [5, 5.41) is 10.8. The highest BCUT2D eigenvalue weighted by molar-refractivity contribution is 8.00. The summed E-state index contributed by atoms with van der Waals surface area (Å²) in [6, 6.07) is 5.11. The molecular formula is C15H17FNO3S-. The number of halogens is 1. The summed E-state index contributed by atoms with van der Waals surface area (Å²) in [7, 11) is 0. The quantitative estimate of drug-likeness (QED) is 0.828. The minimum atomic E-state index is -1.29. The second-order valence-corrected chi connectivity index (χ2v) is 6.52. The fourth-order valence-electron chi connectivity index (χ4n) is 2.46. The van der Waals surface area contributed by atoms with Crippen LogP contribution in [-0.4, -0.2) is 28.6 Å². The van der Waals surface area contributed by atoms with E-state index < -0.39 is 23.2 Å². The van der Waals surface area contributed by atoms with Gasteiger partial charge in [0, 0.05) is 5.56 Å². The second kappa shape index (κ2) is 6.47. The molecule has 114 valence electrons. The Kier molecular flexibility index (Phi) is 4.88. The van der Waals surface area contributed by atoms with E-state index in [1.54, 1.807) is 18.2 Å². The number of carbonyl (C=O) groups excluding carboxylic acids is 2. The van der Waals surface area contributed by atoms with Crippen LogP contribution in [-0.2, 0) is 9.59 Å². The second-order valence-electron chi connectivity index (χ2n) is 5.45. The van der Waals surface area contributed by atoms with Gasteiger partial charge in [0.25, 0.3) is 0 Å². The van der Waals surface area contributed by atoms with Gasteiger partial charge in [-0.05, 0) is 18.4 Å². The normalized spacial score (nSPS) is 20.1. The van der Waals surface area contributed by atoms with Crippen LogP contribution in [0.25, 0.3) is 0 Å². The lowest BCUT2D eigenvalue weighted by atomic mass is 10.0. The number of thioether (sulfide) groups is 1. The lowest BCUT2D eigenvalue weighted by Gasteiger charge is -2.34. The molecule has 0 radical (unpaired) electrons. The van der Waals surface area contributed by atoms with Crippen molar-refractivity contribution in [2.75, 3.05) is 5.75 Å². The van der Waals surface area contributed by atoms with Crippen molar-refractivity contribution in [1.29, 1.82) is 0 Å². The Morgan fingerprint density at radius 3 is 2.71 bits per heavy atom. The number of carbonyl (C=O) groups is 2. The number of hydrogen-bond acceptors (Lipinski definition) is 4. The number of carboxylic acids is 1. The Labute approximate surface area is 127 Å². The Bertz CT molecular complexity index is 549. The molecule has 0 aromatic heterocycles. The summed E-state index contributed by atoms with van der Waals surface area (Å²) in [6.07, 6.45) is 0.291. The SMILES string of the molecule is CC(C)C[C@H](C(=O)[O-])N1C(=O)CS[C@@H]1c1ccccc1F. The zero-order chi connectivity index (χ0) is 15.6. The monoisotopic (exact) mass is 310 g/mol. The first-order valence-corrected chi connectivity index (χ1v) is 7.84. The largest absolute Gasteiger partial charge is 0.548 e. The first kappa shape index (κ1) is 15.8. The minimum Gasteiger partial charge on any atom is -0.548 e. The van der Waals surface area contributed by atoms with E-state index in [9.17, 15) is 19.1 Å². The Hall–Kier alpha value is -1.56. The average molecular weight is 310 g/mol. The van der Waals surface area contributed by atoms with Gasteiger partial charge in [0.15, 0.2) is 0 Å². The van der Waals surface area contributed by atoms with Crippen LogP contribution in [0.5, 0.6) is 0 Å². The number of rotatable bonds is 5. The van der Waals surface area contributed by atoms with E-state index in [0.717, 1.165) is 0 Å².